The van der Waals surface area contributed by atoms with Crippen molar-refractivity contribution in [2.24, 2.45) is 11.8 Å². The number of ether oxygens (including phenoxy) is 1. The van der Waals surface area contributed by atoms with Crippen molar-refractivity contribution in [2.75, 3.05) is 33.4 Å². The average Bonchev–Trinajstić information content (AvgIpc) is 3.60. The van der Waals surface area contributed by atoms with Crippen molar-refractivity contribution >= 4 is 23.4 Å². The van der Waals surface area contributed by atoms with Gasteiger partial charge in [-0.15, -0.1) is 0 Å². The molecule has 0 N–H and O–H groups in total. The molecule has 1 saturated carbocycles. The van der Waals surface area contributed by atoms with E-state index in [-0.39, 0.29) is 30.2 Å². The van der Waals surface area contributed by atoms with Gasteiger partial charge in [-0.2, -0.15) is 0 Å². The number of benzene rings is 2. The first-order chi connectivity index (χ1) is 18.4. The van der Waals surface area contributed by atoms with Crippen molar-refractivity contribution in [3.63, 3.8) is 0 Å². The van der Waals surface area contributed by atoms with Gasteiger partial charge in [-0.1, -0.05) is 74.0 Å². The van der Waals surface area contributed by atoms with Gasteiger partial charge in [0.1, 0.15) is 0 Å². The number of carbonyl (C=O) groups is 2. The molecule has 1 unspecified atom stereocenters. The van der Waals surface area contributed by atoms with Crippen LogP contribution in [-0.4, -0.2) is 59.5 Å². The van der Waals surface area contributed by atoms with Gasteiger partial charge in [0.25, 0.3) is 0 Å². The molecule has 2 atom stereocenters. The summed E-state index contributed by atoms with van der Waals surface area (Å²) < 4.78 is 7.40. The monoisotopic (exact) mass is 535 g/mol. The Labute approximate surface area is 231 Å². The maximum atomic E-state index is 13.7. The van der Waals surface area contributed by atoms with E-state index in [0.29, 0.717) is 38.7 Å². The van der Waals surface area contributed by atoms with Crippen LogP contribution in [-0.2, 0) is 27.4 Å². The quantitative estimate of drug-likeness (QED) is 0.292. The first-order valence-corrected chi connectivity index (χ1v) is 13.7. The molecular formula is C31H38ClN3O3. The summed E-state index contributed by atoms with van der Waals surface area (Å²) in [7, 11) is 1.62. The lowest BCUT2D eigenvalue weighted by Crippen LogP contribution is -2.45. The second-order valence-electron chi connectivity index (χ2n) is 10.5. The van der Waals surface area contributed by atoms with E-state index < -0.39 is 0 Å². The summed E-state index contributed by atoms with van der Waals surface area (Å²) in [5.74, 6) is 0.429. The average molecular weight is 536 g/mol. The third-order valence-electron chi connectivity index (χ3n) is 7.05. The van der Waals surface area contributed by atoms with Crippen molar-refractivity contribution in [2.45, 2.75) is 39.3 Å². The van der Waals surface area contributed by atoms with E-state index in [1.165, 1.54) is 5.56 Å². The summed E-state index contributed by atoms with van der Waals surface area (Å²) in [6, 6.07) is 22.0. The SMILES string of the molecule is COCCN(CC(=O)N(Cc1cccn1Cc1ccccc1Cl)CC(C)C)C(=O)C1C[C@H]1c1ccccc1. The number of nitrogens with zero attached hydrogens (tertiary/aromatic N) is 3. The van der Waals surface area contributed by atoms with Gasteiger partial charge in [0, 0.05) is 49.6 Å². The molecule has 1 aromatic heterocycles. The second kappa shape index (κ2) is 13.1. The van der Waals surface area contributed by atoms with Gasteiger partial charge < -0.3 is 19.1 Å². The molecule has 0 bridgehead atoms. The molecule has 1 heterocycles. The highest BCUT2D eigenvalue weighted by molar-refractivity contribution is 6.31. The van der Waals surface area contributed by atoms with Crippen LogP contribution < -0.4 is 0 Å². The molecule has 0 aliphatic heterocycles. The lowest BCUT2D eigenvalue weighted by atomic mass is 10.1. The summed E-state index contributed by atoms with van der Waals surface area (Å²) in [5, 5.41) is 0.725. The Bertz CT molecular complexity index is 1210. The van der Waals surface area contributed by atoms with Crippen molar-refractivity contribution < 1.29 is 14.3 Å². The van der Waals surface area contributed by atoms with Crippen LogP contribution in [0.25, 0.3) is 0 Å². The number of carbonyl (C=O) groups excluding carboxylic acids is 2. The van der Waals surface area contributed by atoms with E-state index in [1.54, 1.807) is 12.0 Å². The van der Waals surface area contributed by atoms with E-state index in [9.17, 15) is 9.59 Å². The molecule has 0 spiro atoms. The van der Waals surface area contributed by atoms with Gasteiger partial charge >= 0.3 is 0 Å². The highest BCUT2D eigenvalue weighted by Gasteiger charge is 2.46. The highest BCUT2D eigenvalue weighted by atomic mass is 35.5. The highest BCUT2D eigenvalue weighted by Crippen LogP contribution is 2.48. The maximum absolute atomic E-state index is 13.7. The fourth-order valence-corrected chi connectivity index (χ4v) is 5.15. The largest absolute Gasteiger partial charge is 0.383 e. The molecule has 6 nitrogen and oxygen atoms in total. The maximum Gasteiger partial charge on any atom is 0.242 e. The molecule has 1 fully saturated rings. The third-order valence-corrected chi connectivity index (χ3v) is 7.42. The molecule has 2 amide bonds. The van der Waals surface area contributed by atoms with Gasteiger partial charge in [-0.25, -0.2) is 0 Å². The smallest absolute Gasteiger partial charge is 0.242 e. The Morgan fingerprint density at radius 1 is 1.03 bits per heavy atom. The number of hydrogen-bond acceptors (Lipinski definition) is 3. The Morgan fingerprint density at radius 3 is 2.47 bits per heavy atom. The van der Waals surface area contributed by atoms with Crippen molar-refractivity contribution in [1.29, 1.82) is 0 Å². The summed E-state index contributed by atoms with van der Waals surface area (Å²) in [6.45, 7) is 6.77. The summed E-state index contributed by atoms with van der Waals surface area (Å²) in [6.07, 6.45) is 2.84. The Kier molecular flexibility index (Phi) is 9.64. The first kappa shape index (κ1) is 27.9. The van der Waals surface area contributed by atoms with Gasteiger partial charge in [0.15, 0.2) is 0 Å². The molecule has 0 radical (unpaired) electrons. The lowest BCUT2D eigenvalue weighted by Gasteiger charge is -2.29. The molecule has 202 valence electrons. The molecule has 0 saturated heterocycles. The number of rotatable bonds is 13. The summed E-state index contributed by atoms with van der Waals surface area (Å²) in [4.78, 5) is 30.7. The molecule has 1 aliphatic carbocycles. The van der Waals surface area contributed by atoms with Gasteiger partial charge in [0.2, 0.25) is 11.8 Å². The zero-order chi connectivity index (χ0) is 27.1. The van der Waals surface area contributed by atoms with Gasteiger partial charge in [0.05, 0.1) is 19.7 Å². The molecule has 1 aliphatic rings. The summed E-state index contributed by atoms with van der Waals surface area (Å²) in [5.41, 5.74) is 3.24. The molecule has 2 aromatic carbocycles. The van der Waals surface area contributed by atoms with Crippen LogP contribution in [0.1, 0.15) is 43.0 Å². The summed E-state index contributed by atoms with van der Waals surface area (Å²) >= 11 is 6.40. The van der Waals surface area contributed by atoms with Gasteiger partial charge in [-0.05, 0) is 47.6 Å². The molecule has 3 aromatic rings. The Morgan fingerprint density at radius 2 is 1.76 bits per heavy atom. The number of methoxy groups -OCH3 is 1. The van der Waals surface area contributed by atoms with E-state index in [4.69, 9.17) is 16.3 Å². The standard InChI is InChI=1S/C31H38ClN3O3/c1-23(2)19-35(21-26-13-9-15-33(26)20-25-12-7-8-14-29(25)32)30(36)22-34(16-17-38-3)31(37)28-18-27(28)24-10-5-4-6-11-24/h4-15,23,27-28H,16-22H2,1-3H3/t27-,28?/m0/s1. The number of aromatic nitrogens is 1. The van der Waals surface area contributed by atoms with Crippen LogP contribution in [0.15, 0.2) is 72.9 Å². The minimum absolute atomic E-state index is 0.0378. The minimum atomic E-state index is -0.0755. The fraction of sp³-hybridized carbons (Fsp3) is 0.419. The zero-order valence-electron chi connectivity index (χ0n) is 22.6. The van der Waals surface area contributed by atoms with E-state index in [1.807, 2.05) is 65.7 Å². The fourth-order valence-electron chi connectivity index (χ4n) is 4.95. The van der Waals surface area contributed by atoms with Gasteiger partial charge in [-0.3, -0.25) is 9.59 Å². The minimum Gasteiger partial charge on any atom is -0.383 e. The number of halogens is 1. The van der Waals surface area contributed by atoms with Crippen molar-refractivity contribution in [1.82, 2.24) is 14.4 Å². The predicted molar refractivity (Wildman–Crippen MR) is 151 cm³/mol. The van der Waals surface area contributed by atoms with E-state index >= 15 is 0 Å². The van der Waals surface area contributed by atoms with E-state index in [0.717, 1.165) is 22.7 Å². The molecular weight excluding hydrogens is 498 g/mol. The normalized spacial score (nSPS) is 16.4. The molecule has 7 heteroatoms. The topological polar surface area (TPSA) is 54.8 Å². The Balaban J connectivity index is 1.46. The first-order valence-electron chi connectivity index (χ1n) is 13.3. The lowest BCUT2D eigenvalue weighted by molar-refractivity contribution is -0.142. The van der Waals surface area contributed by atoms with Crippen LogP contribution in [0, 0.1) is 11.8 Å². The number of hydrogen-bond donors (Lipinski definition) is 0. The molecule has 38 heavy (non-hydrogen) atoms. The predicted octanol–water partition coefficient (Wildman–Crippen LogP) is 5.45. The van der Waals surface area contributed by atoms with E-state index in [2.05, 4.69) is 30.5 Å². The third kappa shape index (κ3) is 7.27. The van der Waals surface area contributed by atoms with Crippen molar-refractivity contribution in [3.05, 3.63) is 94.8 Å². The van der Waals surface area contributed by atoms with Crippen LogP contribution >= 0.6 is 11.6 Å². The second-order valence-corrected chi connectivity index (χ2v) is 10.9. The van der Waals surface area contributed by atoms with Crippen molar-refractivity contribution in [3.8, 4) is 0 Å². The van der Waals surface area contributed by atoms with Crippen LogP contribution in [0.3, 0.4) is 0 Å². The van der Waals surface area contributed by atoms with Crippen LogP contribution in [0.2, 0.25) is 5.02 Å². The Hall–Kier alpha value is -3.09. The van der Waals surface area contributed by atoms with Crippen LogP contribution in [0.5, 0.6) is 0 Å². The zero-order valence-corrected chi connectivity index (χ0v) is 23.3. The van der Waals surface area contributed by atoms with Crippen LogP contribution in [0.4, 0.5) is 0 Å². The molecule has 4 rings (SSSR count). The number of amides is 2.